The van der Waals surface area contributed by atoms with Crippen molar-refractivity contribution in [3.63, 3.8) is 0 Å². The monoisotopic (exact) mass is 546 g/mol. The second kappa shape index (κ2) is 20.8. The van der Waals surface area contributed by atoms with E-state index in [1.807, 2.05) is 27.7 Å². The molecule has 0 bridgehead atoms. The van der Waals surface area contributed by atoms with Crippen molar-refractivity contribution in [2.45, 2.75) is 53.0 Å². The van der Waals surface area contributed by atoms with Crippen molar-refractivity contribution in [3.8, 4) is 0 Å². The Kier molecular flexibility index (Phi) is 18.2. The van der Waals surface area contributed by atoms with Gasteiger partial charge in [0.2, 0.25) is 0 Å². The summed E-state index contributed by atoms with van der Waals surface area (Å²) in [4.78, 5) is 12.8. The minimum Gasteiger partial charge on any atom is -0.317 e. The van der Waals surface area contributed by atoms with E-state index in [0.29, 0.717) is 0 Å². The Hall–Kier alpha value is -1.06. The van der Waals surface area contributed by atoms with Crippen LogP contribution in [0.1, 0.15) is 46.1 Å². The fourth-order valence-electron chi connectivity index (χ4n) is 5.80. The highest BCUT2D eigenvalue weighted by atomic mass is 15.3. The summed E-state index contributed by atoms with van der Waals surface area (Å²) in [5.74, 6) is 0.870. The van der Waals surface area contributed by atoms with Gasteiger partial charge in [-0.3, -0.25) is 14.7 Å². The van der Waals surface area contributed by atoms with Gasteiger partial charge in [0.25, 0.3) is 0 Å². The minimum atomic E-state index is 0.863. The van der Waals surface area contributed by atoms with Gasteiger partial charge in [-0.05, 0) is 57.9 Å². The van der Waals surface area contributed by atoms with Crippen LogP contribution < -0.4 is 10.6 Å². The number of rotatable bonds is 8. The van der Waals surface area contributed by atoms with Crippen molar-refractivity contribution in [2.24, 2.45) is 5.92 Å². The first kappa shape index (κ1) is 34.1. The van der Waals surface area contributed by atoms with E-state index in [9.17, 15) is 0 Å². The first-order chi connectivity index (χ1) is 19.2. The molecular weight excluding hydrogens is 482 g/mol. The number of nitrogens with one attached hydrogen (secondary N) is 2. The highest BCUT2D eigenvalue weighted by Crippen LogP contribution is 2.15. The van der Waals surface area contributed by atoms with Gasteiger partial charge < -0.3 is 20.4 Å². The van der Waals surface area contributed by atoms with Gasteiger partial charge in [-0.1, -0.05) is 58.0 Å². The lowest BCUT2D eigenvalue weighted by Gasteiger charge is -2.45. The van der Waals surface area contributed by atoms with Crippen LogP contribution in [0.15, 0.2) is 30.3 Å². The smallest absolute Gasteiger partial charge is 0.0507 e. The Balaban J connectivity index is 0.000000295. The molecule has 0 radical (unpaired) electrons. The molecule has 0 unspecified atom stereocenters. The molecule has 4 heterocycles. The highest BCUT2D eigenvalue weighted by molar-refractivity contribution is 5.14. The molecule has 39 heavy (non-hydrogen) atoms. The highest BCUT2D eigenvalue weighted by Gasteiger charge is 2.29. The lowest BCUT2D eigenvalue weighted by Crippen LogP contribution is -2.61. The van der Waals surface area contributed by atoms with E-state index in [-0.39, 0.29) is 0 Å². The third-order valence-corrected chi connectivity index (χ3v) is 8.24. The maximum Gasteiger partial charge on any atom is 0.0507 e. The van der Waals surface area contributed by atoms with Crippen molar-refractivity contribution in [3.05, 3.63) is 35.9 Å². The maximum atomic E-state index is 3.50. The van der Waals surface area contributed by atoms with Gasteiger partial charge in [0, 0.05) is 84.6 Å². The van der Waals surface area contributed by atoms with Gasteiger partial charge >= 0.3 is 0 Å². The van der Waals surface area contributed by atoms with Crippen LogP contribution in [0.3, 0.4) is 0 Å². The topological polar surface area (TPSA) is 40.3 Å². The zero-order valence-corrected chi connectivity index (χ0v) is 26.5. The molecule has 0 spiro atoms. The summed E-state index contributed by atoms with van der Waals surface area (Å²) in [5.41, 5.74) is 1.46. The van der Waals surface area contributed by atoms with E-state index in [1.165, 1.54) is 116 Å². The molecule has 0 aromatic heterocycles. The first-order valence-electron chi connectivity index (χ1n) is 16.2. The van der Waals surface area contributed by atoms with E-state index in [0.717, 1.165) is 18.6 Å². The van der Waals surface area contributed by atoms with Crippen LogP contribution in [0.2, 0.25) is 0 Å². The Morgan fingerprint density at radius 3 is 1.92 bits per heavy atom. The number of hydrogen-bond acceptors (Lipinski definition) is 7. The molecular formula is C32H63N7. The molecule has 0 atom stereocenters. The second-order valence-electron chi connectivity index (χ2n) is 11.2. The third kappa shape index (κ3) is 13.4. The summed E-state index contributed by atoms with van der Waals surface area (Å²) in [6, 6.07) is 11.8. The van der Waals surface area contributed by atoms with Crippen LogP contribution in [0.4, 0.5) is 0 Å². The fourth-order valence-corrected chi connectivity index (χ4v) is 5.80. The summed E-state index contributed by atoms with van der Waals surface area (Å²) in [5, 5.41) is 6.87. The molecule has 1 aromatic carbocycles. The van der Waals surface area contributed by atoms with Crippen LogP contribution in [0.5, 0.6) is 0 Å². The SMILES string of the molecule is CC.CC.CN1CC(N2CCNCC2)C1.CN1CCN(CN(CCc2ccccc2)CC2CCNCC2)CC1. The predicted molar refractivity (Wildman–Crippen MR) is 170 cm³/mol. The molecule has 4 aliphatic heterocycles. The molecule has 4 saturated heterocycles. The van der Waals surface area contributed by atoms with Gasteiger partial charge in [0.05, 0.1) is 6.67 Å². The quantitative estimate of drug-likeness (QED) is 0.521. The number of hydrogen-bond donors (Lipinski definition) is 2. The Morgan fingerprint density at radius 2 is 1.33 bits per heavy atom. The normalized spacial score (nSPS) is 22.0. The Bertz CT molecular complexity index is 677. The van der Waals surface area contributed by atoms with E-state index < -0.39 is 0 Å². The number of likely N-dealkylation sites (tertiary alicyclic amines) is 1. The summed E-state index contributed by atoms with van der Waals surface area (Å²) >= 11 is 0. The number of nitrogens with zero attached hydrogens (tertiary/aromatic N) is 5. The third-order valence-electron chi connectivity index (χ3n) is 8.24. The molecule has 7 nitrogen and oxygen atoms in total. The van der Waals surface area contributed by atoms with E-state index in [2.05, 4.69) is 79.6 Å². The minimum absolute atomic E-state index is 0.863. The number of piperazine rings is 2. The zero-order chi connectivity index (χ0) is 28.3. The predicted octanol–water partition coefficient (Wildman–Crippen LogP) is 2.99. The van der Waals surface area contributed by atoms with E-state index in [4.69, 9.17) is 0 Å². The Labute approximate surface area is 242 Å². The number of benzene rings is 1. The van der Waals surface area contributed by atoms with Crippen molar-refractivity contribution < 1.29 is 0 Å². The van der Waals surface area contributed by atoms with E-state index in [1.54, 1.807) is 0 Å². The lowest BCUT2D eigenvalue weighted by molar-refractivity contribution is 0.0446. The first-order valence-corrected chi connectivity index (χ1v) is 16.2. The van der Waals surface area contributed by atoms with Gasteiger partial charge in [-0.2, -0.15) is 0 Å². The van der Waals surface area contributed by atoms with Crippen LogP contribution in [0.25, 0.3) is 0 Å². The lowest BCUT2D eigenvalue weighted by atomic mass is 9.97. The zero-order valence-electron chi connectivity index (χ0n) is 26.5. The molecule has 4 fully saturated rings. The van der Waals surface area contributed by atoms with Crippen molar-refractivity contribution in [2.75, 3.05) is 112 Å². The maximum absolute atomic E-state index is 3.50. The molecule has 0 aliphatic carbocycles. The summed E-state index contributed by atoms with van der Waals surface area (Å²) < 4.78 is 0. The Morgan fingerprint density at radius 1 is 0.744 bits per heavy atom. The van der Waals surface area contributed by atoms with Crippen molar-refractivity contribution in [1.82, 2.24) is 35.1 Å². The second-order valence-corrected chi connectivity index (χ2v) is 11.2. The fraction of sp³-hybridized carbons (Fsp3) is 0.812. The van der Waals surface area contributed by atoms with Gasteiger partial charge in [-0.25, -0.2) is 0 Å². The summed E-state index contributed by atoms with van der Waals surface area (Å²) in [6.07, 6.45) is 3.84. The number of likely N-dealkylation sites (N-methyl/N-ethyl adjacent to an activating group) is 2. The van der Waals surface area contributed by atoms with Crippen molar-refractivity contribution >= 4 is 0 Å². The number of piperidine rings is 1. The molecule has 2 N–H and O–H groups in total. The average molecular weight is 546 g/mol. The summed E-state index contributed by atoms with van der Waals surface area (Å²) in [6.45, 7) is 26.2. The van der Waals surface area contributed by atoms with Crippen LogP contribution >= 0.6 is 0 Å². The molecule has 226 valence electrons. The molecule has 4 aliphatic rings. The largest absolute Gasteiger partial charge is 0.317 e. The van der Waals surface area contributed by atoms with Gasteiger partial charge in [0.1, 0.15) is 0 Å². The molecule has 5 rings (SSSR count). The standard InChI is InChI=1S/C20H34N4.C8H17N3.2C2H6/c1-22-13-15-23(16-14-22)18-24(17-20-7-10-21-11-8-20)12-9-19-5-3-2-4-6-19;1-10-6-8(7-10)11-4-2-9-3-5-11;2*1-2/h2-6,20-21H,7-18H2,1H3;8-9H,2-7H2,1H3;2*1-2H3. The average Bonchev–Trinajstić information content (AvgIpc) is 2.99. The van der Waals surface area contributed by atoms with Crippen LogP contribution in [-0.2, 0) is 6.42 Å². The van der Waals surface area contributed by atoms with Crippen molar-refractivity contribution in [1.29, 1.82) is 0 Å². The molecule has 7 heteroatoms. The summed E-state index contributed by atoms with van der Waals surface area (Å²) in [7, 11) is 4.43. The van der Waals surface area contributed by atoms with Crippen LogP contribution in [-0.4, -0.2) is 143 Å². The van der Waals surface area contributed by atoms with Gasteiger partial charge in [-0.15, -0.1) is 0 Å². The van der Waals surface area contributed by atoms with Gasteiger partial charge in [0.15, 0.2) is 0 Å². The molecule has 0 amide bonds. The molecule has 1 aromatic rings. The van der Waals surface area contributed by atoms with E-state index >= 15 is 0 Å². The molecule has 0 saturated carbocycles. The van der Waals surface area contributed by atoms with Crippen LogP contribution in [0, 0.1) is 5.92 Å².